The van der Waals surface area contributed by atoms with E-state index in [9.17, 15) is 4.79 Å². The Kier molecular flexibility index (Phi) is 8.32. The number of urea groups is 1. The van der Waals surface area contributed by atoms with Gasteiger partial charge in [-0.2, -0.15) is 0 Å². The number of aryl methyl sites for hydroxylation is 1. The van der Waals surface area contributed by atoms with Crippen molar-refractivity contribution in [3.63, 3.8) is 0 Å². The first kappa shape index (κ1) is 22.4. The van der Waals surface area contributed by atoms with Crippen molar-refractivity contribution in [1.29, 1.82) is 0 Å². The van der Waals surface area contributed by atoms with Gasteiger partial charge in [-0.15, -0.1) is 0 Å². The van der Waals surface area contributed by atoms with Crippen molar-refractivity contribution in [1.82, 2.24) is 9.80 Å². The predicted octanol–water partition coefficient (Wildman–Crippen LogP) is 5.94. The average Bonchev–Trinajstić information content (AvgIpc) is 2.79. The number of hydrogen-bond donors (Lipinski definition) is 1. The number of likely N-dealkylation sites (tertiary alicyclic amines) is 1. The normalized spacial score (nSPS) is 16.2. The third kappa shape index (κ3) is 6.09. The van der Waals surface area contributed by atoms with Crippen LogP contribution in [0.4, 0.5) is 10.5 Å². The molecule has 30 heavy (non-hydrogen) atoms. The molecule has 3 rings (SSSR count). The molecule has 0 bridgehead atoms. The highest BCUT2D eigenvalue weighted by molar-refractivity contribution is 5.89. The molecule has 162 valence electrons. The van der Waals surface area contributed by atoms with Crippen LogP contribution in [-0.4, -0.2) is 41.0 Å². The number of nitrogens with zero attached hydrogens (tertiary/aromatic N) is 2. The molecule has 1 heterocycles. The van der Waals surface area contributed by atoms with Gasteiger partial charge in [-0.3, -0.25) is 0 Å². The monoisotopic (exact) mass is 407 g/mol. The standard InChI is InChI=1S/C26H37N3O/c1-4-9-21(3)28-18-16-25(17-19-28)29(20-23-10-7-6-8-11-23)26(30)27-24-14-12-22(5-2)13-15-24/h6-8,10-15,21,25H,4-5,9,16-20H2,1-3H3,(H,27,30). The molecule has 1 saturated heterocycles. The van der Waals surface area contributed by atoms with Crippen molar-refractivity contribution in [3.8, 4) is 0 Å². The minimum atomic E-state index is 0.00292. The summed E-state index contributed by atoms with van der Waals surface area (Å²) in [6.45, 7) is 9.50. The molecule has 0 saturated carbocycles. The van der Waals surface area contributed by atoms with E-state index in [0.29, 0.717) is 12.6 Å². The Balaban J connectivity index is 1.69. The zero-order valence-electron chi connectivity index (χ0n) is 18.8. The van der Waals surface area contributed by atoms with Gasteiger partial charge in [-0.25, -0.2) is 4.79 Å². The molecule has 4 heteroatoms. The van der Waals surface area contributed by atoms with E-state index in [1.165, 1.54) is 24.0 Å². The number of benzene rings is 2. The molecular weight excluding hydrogens is 370 g/mol. The number of carbonyl (C=O) groups is 1. The number of amides is 2. The van der Waals surface area contributed by atoms with Gasteiger partial charge in [0.25, 0.3) is 0 Å². The Bertz CT molecular complexity index is 767. The first-order valence-electron chi connectivity index (χ1n) is 11.5. The lowest BCUT2D eigenvalue weighted by molar-refractivity contribution is 0.0989. The van der Waals surface area contributed by atoms with E-state index >= 15 is 0 Å². The molecule has 0 radical (unpaired) electrons. The Hall–Kier alpha value is -2.33. The van der Waals surface area contributed by atoms with E-state index in [1.807, 2.05) is 35.2 Å². The van der Waals surface area contributed by atoms with Gasteiger partial charge in [0.2, 0.25) is 0 Å². The second-order valence-corrected chi connectivity index (χ2v) is 8.50. The highest BCUT2D eigenvalue weighted by Crippen LogP contribution is 2.23. The van der Waals surface area contributed by atoms with Crippen molar-refractivity contribution in [2.45, 2.75) is 71.5 Å². The summed E-state index contributed by atoms with van der Waals surface area (Å²) in [4.78, 5) is 17.9. The molecule has 0 spiro atoms. The molecule has 1 fully saturated rings. The van der Waals surface area contributed by atoms with E-state index in [0.717, 1.165) is 38.0 Å². The molecule has 1 unspecified atom stereocenters. The molecule has 2 aromatic carbocycles. The highest BCUT2D eigenvalue weighted by Gasteiger charge is 2.29. The SMILES string of the molecule is CCCC(C)N1CCC(N(Cc2ccccc2)C(=O)Nc2ccc(CC)cc2)CC1. The van der Waals surface area contributed by atoms with Crippen LogP contribution in [-0.2, 0) is 13.0 Å². The molecule has 1 aliphatic rings. The largest absolute Gasteiger partial charge is 0.322 e. The summed E-state index contributed by atoms with van der Waals surface area (Å²) in [7, 11) is 0. The van der Waals surface area contributed by atoms with Crippen molar-refractivity contribution in [2.24, 2.45) is 0 Å². The van der Waals surface area contributed by atoms with Crippen molar-refractivity contribution in [2.75, 3.05) is 18.4 Å². The van der Waals surface area contributed by atoms with Crippen LogP contribution in [0.3, 0.4) is 0 Å². The Morgan fingerprint density at radius 2 is 1.70 bits per heavy atom. The van der Waals surface area contributed by atoms with Gasteiger partial charge in [0, 0.05) is 37.4 Å². The summed E-state index contributed by atoms with van der Waals surface area (Å²) < 4.78 is 0. The predicted molar refractivity (Wildman–Crippen MR) is 126 cm³/mol. The fourth-order valence-electron chi connectivity index (χ4n) is 4.40. The lowest BCUT2D eigenvalue weighted by Gasteiger charge is -2.40. The number of piperidine rings is 1. The van der Waals surface area contributed by atoms with Crippen LogP contribution in [0.25, 0.3) is 0 Å². The van der Waals surface area contributed by atoms with E-state index in [2.05, 4.69) is 55.3 Å². The first-order valence-corrected chi connectivity index (χ1v) is 11.5. The second kappa shape index (κ2) is 11.2. The van der Waals surface area contributed by atoms with Crippen LogP contribution in [0.5, 0.6) is 0 Å². The fraction of sp³-hybridized carbons (Fsp3) is 0.500. The van der Waals surface area contributed by atoms with E-state index in [-0.39, 0.29) is 12.1 Å². The van der Waals surface area contributed by atoms with Crippen LogP contribution < -0.4 is 5.32 Å². The maximum Gasteiger partial charge on any atom is 0.322 e. The summed E-state index contributed by atoms with van der Waals surface area (Å²) in [5.41, 5.74) is 3.32. The molecular formula is C26H37N3O. The van der Waals surface area contributed by atoms with Crippen molar-refractivity contribution in [3.05, 3.63) is 65.7 Å². The molecule has 0 aliphatic carbocycles. The van der Waals surface area contributed by atoms with Crippen molar-refractivity contribution >= 4 is 11.7 Å². The van der Waals surface area contributed by atoms with Gasteiger partial charge in [-0.1, -0.05) is 62.7 Å². The molecule has 2 amide bonds. The summed E-state index contributed by atoms with van der Waals surface area (Å²) >= 11 is 0. The second-order valence-electron chi connectivity index (χ2n) is 8.50. The highest BCUT2D eigenvalue weighted by atomic mass is 16.2. The Labute approximate surface area is 182 Å². The third-order valence-electron chi connectivity index (χ3n) is 6.34. The molecule has 1 aliphatic heterocycles. The summed E-state index contributed by atoms with van der Waals surface area (Å²) in [5, 5.41) is 3.14. The number of carbonyl (C=O) groups excluding carboxylic acids is 1. The minimum Gasteiger partial charge on any atom is -0.317 e. The van der Waals surface area contributed by atoms with Gasteiger partial charge < -0.3 is 15.1 Å². The van der Waals surface area contributed by atoms with Crippen LogP contribution in [0.15, 0.2) is 54.6 Å². The number of rotatable bonds is 8. The first-order chi connectivity index (χ1) is 14.6. The molecule has 2 aromatic rings. The third-order valence-corrected chi connectivity index (χ3v) is 6.34. The van der Waals surface area contributed by atoms with Crippen LogP contribution in [0.1, 0.15) is 57.6 Å². The number of hydrogen-bond acceptors (Lipinski definition) is 2. The lowest BCUT2D eigenvalue weighted by atomic mass is 10.00. The van der Waals surface area contributed by atoms with Crippen LogP contribution >= 0.6 is 0 Å². The Morgan fingerprint density at radius 1 is 1.03 bits per heavy atom. The van der Waals surface area contributed by atoms with Crippen LogP contribution in [0.2, 0.25) is 0 Å². The van der Waals surface area contributed by atoms with E-state index < -0.39 is 0 Å². The fourth-order valence-corrected chi connectivity index (χ4v) is 4.40. The number of nitrogens with one attached hydrogen (secondary N) is 1. The minimum absolute atomic E-state index is 0.00292. The molecule has 1 N–H and O–H groups in total. The smallest absolute Gasteiger partial charge is 0.317 e. The lowest BCUT2D eigenvalue weighted by Crippen LogP contribution is -2.50. The Morgan fingerprint density at radius 3 is 2.30 bits per heavy atom. The molecule has 1 atom stereocenters. The van der Waals surface area contributed by atoms with Gasteiger partial charge in [0.15, 0.2) is 0 Å². The molecule has 4 nitrogen and oxygen atoms in total. The maximum absolute atomic E-state index is 13.3. The van der Waals surface area contributed by atoms with Crippen molar-refractivity contribution < 1.29 is 4.79 Å². The summed E-state index contributed by atoms with van der Waals surface area (Å²) in [6, 6.07) is 19.4. The van der Waals surface area contributed by atoms with Gasteiger partial charge >= 0.3 is 6.03 Å². The van der Waals surface area contributed by atoms with Crippen LogP contribution in [0, 0.1) is 0 Å². The average molecular weight is 408 g/mol. The summed E-state index contributed by atoms with van der Waals surface area (Å²) in [5.74, 6) is 0. The van der Waals surface area contributed by atoms with E-state index in [4.69, 9.17) is 0 Å². The van der Waals surface area contributed by atoms with E-state index in [1.54, 1.807) is 0 Å². The van der Waals surface area contributed by atoms with Gasteiger partial charge in [0.05, 0.1) is 0 Å². The quantitative estimate of drug-likeness (QED) is 0.588. The topological polar surface area (TPSA) is 35.6 Å². The zero-order chi connectivity index (χ0) is 21.3. The zero-order valence-corrected chi connectivity index (χ0v) is 18.8. The van der Waals surface area contributed by atoms with Gasteiger partial charge in [0.1, 0.15) is 0 Å². The summed E-state index contributed by atoms with van der Waals surface area (Å²) in [6.07, 6.45) is 5.53. The molecule has 0 aromatic heterocycles. The maximum atomic E-state index is 13.3. The number of anilines is 1. The van der Waals surface area contributed by atoms with Gasteiger partial charge in [-0.05, 0) is 55.9 Å².